The largest absolute Gasteiger partial charge is 0.488 e. The molecule has 18 heavy (non-hydrogen) atoms. The molecule has 0 aliphatic rings. The molecule has 1 aromatic rings. The third-order valence-corrected chi connectivity index (χ3v) is 2.64. The van der Waals surface area contributed by atoms with Crippen LogP contribution < -0.4 is 10.1 Å². The van der Waals surface area contributed by atoms with Crippen LogP contribution in [-0.4, -0.2) is 24.4 Å². The molecule has 2 atom stereocenters. The van der Waals surface area contributed by atoms with Crippen molar-refractivity contribution in [1.82, 2.24) is 5.32 Å². The van der Waals surface area contributed by atoms with Crippen molar-refractivity contribution in [2.75, 3.05) is 13.2 Å². The molecule has 1 rings (SSSR count). The molecule has 0 heterocycles. The van der Waals surface area contributed by atoms with Gasteiger partial charge in [-0.3, -0.25) is 0 Å². The zero-order chi connectivity index (χ0) is 13.5. The molecular weight excluding hydrogens is 233 g/mol. The fourth-order valence-corrected chi connectivity index (χ4v) is 1.59. The fourth-order valence-electron chi connectivity index (χ4n) is 1.59. The minimum Gasteiger partial charge on any atom is -0.488 e. The third-order valence-electron chi connectivity index (χ3n) is 2.64. The van der Waals surface area contributed by atoms with Gasteiger partial charge < -0.3 is 15.2 Å². The Bertz CT molecular complexity index is 369. The van der Waals surface area contributed by atoms with Crippen LogP contribution in [0.1, 0.15) is 38.8 Å². The van der Waals surface area contributed by atoms with Gasteiger partial charge in [-0.15, -0.1) is 0 Å². The Labute approximate surface area is 108 Å². The van der Waals surface area contributed by atoms with Gasteiger partial charge in [-0.05, 0) is 44.5 Å². The van der Waals surface area contributed by atoms with Gasteiger partial charge in [0.1, 0.15) is 6.61 Å². The van der Waals surface area contributed by atoms with E-state index in [0.29, 0.717) is 0 Å². The maximum Gasteiger partial charge on any atom is 0.165 e. The fraction of sp³-hybridized carbons (Fsp3) is 0.571. The van der Waals surface area contributed by atoms with Crippen molar-refractivity contribution >= 4 is 0 Å². The standard InChI is InChI=1S/C14H22FNO2/c1-4-7-16-11(3)12-5-6-14(13(15)8-12)18-9-10(2)17/h5-6,8,10-11,16-17H,4,7,9H2,1-3H3. The molecule has 0 aliphatic carbocycles. The summed E-state index contributed by atoms with van der Waals surface area (Å²) in [5, 5.41) is 12.4. The van der Waals surface area contributed by atoms with E-state index >= 15 is 0 Å². The lowest BCUT2D eigenvalue weighted by Crippen LogP contribution is -2.19. The van der Waals surface area contributed by atoms with Gasteiger partial charge in [0.05, 0.1) is 6.10 Å². The maximum atomic E-state index is 13.7. The Kier molecular flexibility index (Phi) is 6.09. The highest BCUT2D eigenvalue weighted by molar-refractivity contribution is 5.30. The molecule has 2 N–H and O–H groups in total. The monoisotopic (exact) mass is 255 g/mol. The van der Waals surface area contributed by atoms with Gasteiger partial charge in [-0.1, -0.05) is 13.0 Å². The zero-order valence-corrected chi connectivity index (χ0v) is 11.2. The molecule has 0 aromatic heterocycles. The lowest BCUT2D eigenvalue weighted by molar-refractivity contribution is 0.120. The molecular formula is C14H22FNO2. The van der Waals surface area contributed by atoms with E-state index in [1.807, 2.05) is 13.0 Å². The molecule has 0 spiro atoms. The summed E-state index contributed by atoms with van der Waals surface area (Å²) >= 11 is 0. The second-order valence-electron chi connectivity index (χ2n) is 4.53. The summed E-state index contributed by atoms with van der Waals surface area (Å²) in [6.07, 6.45) is 0.441. The minimum absolute atomic E-state index is 0.0971. The van der Waals surface area contributed by atoms with Crippen LogP contribution in [0, 0.1) is 5.82 Å². The van der Waals surface area contributed by atoms with Crippen LogP contribution in [0.3, 0.4) is 0 Å². The van der Waals surface area contributed by atoms with Crippen molar-refractivity contribution in [2.45, 2.75) is 39.3 Å². The van der Waals surface area contributed by atoms with Gasteiger partial charge >= 0.3 is 0 Å². The Balaban J connectivity index is 2.66. The molecule has 2 unspecified atom stereocenters. The van der Waals surface area contributed by atoms with Gasteiger partial charge in [0, 0.05) is 6.04 Å². The first-order valence-corrected chi connectivity index (χ1v) is 6.38. The number of rotatable bonds is 7. The number of hydrogen-bond acceptors (Lipinski definition) is 3. The summed E-state index contributed by atoms with van der Waals surface area (Å²) in [5.41, 5.74) is 0.894. The predicted octanol–water partition coefficient (Wildman–Crippen LogP) is 2.65. The Morgan fingerprint density at radius 3 is 2.67 bits per heavy atom. The summed E-state index contributed by atoms with van der Waals surface area (Å²) in [5.74, 6) is -0.208. The van der Waals surface area contributed by atoms with Crippen molar-refractivity contribution < 1.29 is 14.2 Å². The minimum atomic E-state index is -0.603. The topological polar surface area (TPSA) is 41.5 Å². The normalized spacial score (nSPS) is 14.3. The Morgan fingerprint density at radius 2 is 2.11 bits per heavy atom. The van der Waals surface area contributed by atoms with Gasteiger partial charge in [-0.25, -0.2) is 4.39 Å². The highest BCUT2D eigenvalue weighted by atomic mass is 19.1. The number of aliphatic hydroxyl groups is 1. The van der Waals surface area contributed by atoms with E-state index in [2.05, 4.69) is 12.2 Å². The van der Waals surface area contributed by atoms with E-state index in [-0.39, 0.29) is 18.4 Å². The molecule has 0 bridgehead atoms. The number of aliphatic hydroxyl groups excluding tert-OH is 1. The molecule has 102 valence electrons. The molecule has 0 saturated carbocycles. The van der Waals surface area contributed by atoms with Crippen LogP contribution >= 0.6 is 0 Å². The molecule has 0 radical (unpaired) electrons. The predicted molar refractivity (Wildman–Crippen MR) is 70.3 cm³/mol. The van der Waals surface area contributed by atoms with Crippen LogP contribution in [0.5, 0.6) is 5.75 Å². The molecule has 0 amide bonds. The molecule has 0 fully saturated rings. The van der Waals surface area contributed by atoms with Crippen molar-refractivity contribution in [3.63, 3.8) is 0 Å². The first kappa shape index (κ1) is 14.9. The van der Waals surface area contributed by atoms with Crippen LogP contribution in [0.25, 0.3) is 0 Å². The summed E-state index contributed by atoms with van der Waals surface area (Å²) in [4.78, 5) is 0. The van der Waals surface area contributed by atoms with Crippen molar-refractivity contribution in [3.8, 4) is 5.75 Å². The quantitative estimate of drug-likeness (QED) is 0.787. The first-order valence-electron chi connectivity index (χ1n) is 6.38. The molecule has 1 aromatic carbocycles. The second kappa shape index (κ2) is 7.34. The van der Waals surface area contributed by atoms with E-state index in [1.165, 1.54) is 6.07 Å². The smallest absolute Gasteiger partial charge is 0.165 e. The van der Waals surface area contributed by atoms with E-state index in [0.717, 1.165) is 18.5 Å². The van der Waals surface area contributed by atoms with Gasteiger partial charge in [0.2, 0.25) is 0 Å². The highest BCUT2D eigenvalue weighted by Crippen LogP contribution is 2.22. The summed E-state index contributed by atoms with van der Waals surface area (Å²) < 4.78 is 18.9. The lowest BCUT2D eigenvalue weighted by atomic mass is 10.1. The number of ether oxygens (including phenoxy) is 1. The molecule has 4 heteroatoms. The van der Waals surface area contributed by atoms with Gasteiger partial charge in [-0.2, -0.15) is 0 Å². The SMILES string of the molecule is CCCNC(C)c1ccc(OCC(C)O)c(F)c1. The van der Waals surface area contributed by atoms with Crippen LogP contribution in [0.2, 0.25) is 0 Å². The average Bonchev–Trinajstić information content (AvgIpc) is 2.34. The number of hydrogen-bond donors (Lipinski definition) is 2. The first-order chi connectivity index (χ1) is 8.54. The van der Waals surface area contributed by atoms with Crippen LogP contribution in [0.4, 0.5) is 4.39 Å². The highest BCUT2D eigenvalue weighted by Gasteiger charge is 2.10. The summed E-state index contributed by atoms with van der Waals surface area (Å²) in [6, 6.07) is 5.04. The van der Waals surface area contributed by atoms with E-state index in [4.69, 9.17) is 9.84 Å². The Hall–Kier alpha value is -1.13. The number of nitrogens with one attached hydrogen (secondary N) is 1. The molecule has 0 saturated heterocycles. The average molecular weight is 255 g/mol. The van der Waals surface area contributed by atoms with E-state index in [9.17, 15) is 4.39 Å². The Morgan fingerprint density at radius 1 is 1.39 bits per heavy atom. The molecule has 0 aliphatic heterocycles. The van der Waals surface area contributed by atoms with E-state index in [1.54, 1.807) is 13.0 Å². The number of halogens is 1. The maximum absolute atomic E-state index is 13.7. The van der Waals surface area contributed by atoms with Gasteiger partial charge in [0.25, 0.3) is 0 Å². The molecule has 3 nitrogen and oxygen atoms in total. The third kappa shape index (κ3) is 4.63. The lowest BCUT2D eigenvalue weighted by Gasteiger charge is -2.15. The van der Waals surface area contributed by atoms with Gasteiger partial charge in [0.15, 0.2) is 11.6 Å². The number of benzene rings is 1. The summed E-state index contributed by atoms with van der Waals surface area (Å²) in [7, 11) is 0. The zero-order valence-electron chi connectivity index (χ0n) is 11.2. The van der Waals surface area contributed by atoms with E-state index < -0.39 is 11.9 Å². The van der Waals surface area contributed by atoms with Crippen molar-refractivity contribution in [2.24, 2.45) is 0 Å². The second-order valence-corrected chi connectivity index (χ2v) is 4.53. The van der Waals surface area contributed by atoms with Crippen molar-refractivity contribution in [1.29, 1.82) is 0 Å². The van der Waals surface area contributed by atoms with Crippen LogP contribution in [0.15, 0.2) is 18.2 Å². The summed E-state index contributed by atoms with van der Waals surface area (Å²) in [6.45, 7) is 6.69. The van der Waals surface area contributed by atoms with Crippen LogP contribution in [-0.2, 0) is 0 Å². The van der Waals surface area contributed by atoms with Crippen molar-refractivity contribution in [3.05, 3.63) is 29.6 Å².